The van der Waals surface area contributed by atoms with Crippen LogP contribution in [0.3, 0.4) is 0 Å². The first-order valence-electron chi connectivity index (χ1n) is 8.50. The highest BCUT2D eigenvalue weighted by Gasteiger charge is 2.14. The van der Waals surface area contributed by atoms with Crippen molar-refractivity contribution in [3.05, 3.63) is 59.9 Å². The minimum absolute atomic E-state index is 0.244. The number of amides is 1. The van der Waals surface area contributed by atoms with E-state index in [0.717, 1.165) is 18.6 Å². The van der Waals surface area contributed by atoms with Crippen molar-refractivity contribution in [3.63, 3.8) is 0 Å². The molecule has 1 N–H and O–H groups in total. The molecule has 2 rings (SSSR count). The Hall–Kier alpha value is -2.56. The maximum Gasteiger partial charge on any atom is 0.260 e. The number of aryl methyl sites for hydroxylation is 1. The zero-order valence-electron chi connectivity index (χ0n) is 14.6. The number of hydrogen-bond donors (Lipinski definition) is 1. The van der Waals surface area contributed by atoms with E-state index in [1.54, 1.807) is 6.92 Å². The van der Waals surface area contributed by atoms with Crippen LogP contribution in [0, 0.1) is 5.82 Å². The zero-order chi connectivity index (χ0) is 18.1. The summed E-state index contributed by atoms with van der Waals surface area (Å²) in [5, 5.41) is 2.75. The number of ether oxygens (including phenoxy) is 2. The monoisotopic (exact) mass is 345 g/mol. The van der Waals surface area contributed by atoms with Crippen LogP contribution in [0.2, 0.25) is 0 Å². The van der Waals surface area contributed by atoms with Crippen LogP contribution in [0.25, 0.3) is 0 Å². The van der Waals surface area contributed by atoms with Gasteiger partial charge < -0.3 is 14.8 Å². The van der Waals surface area contributed by atoms with Gasteiger partial charge in [0, 0.05) is 0 Å². The zero-order valence-corrected chi connectivity index (χ0v) is 14.6. The summed E-state index contributed by atoms with van der Waals surface area (Å²) in [4.78, 5) is 12.0. The van der Waals surface area contributed by atoms with Gasteiger partial charge in [-0.25, -0.2) is 4.39 Å². The summed E-state index contributed by atoms with van der Waals surface area (Å²) < 4.78 is 23.9. The van der Waals surface area contributed by atoms with Crippen LogP contribution in [0.15, 0.2) is 48.5 Å². The summed E-state index contributed by atoms with van der Waals surface area (Å²) >= 11 is 0. The van der Waals surface area contributed by atoms with Crippen LogP contribution < -0.4 is 14.8 Å². The third-order valence-electron chi connectivity index (χ3n) is 3.63. The van der Waals surface area contributed by atoms with Gasteiger partial charge in [-0.3, -0.25) is 4.79 Å². The highest BCUT2D eigenvalue weighted by molar-refractivity contribution is 5.80. The average Bonchev–Trinajstić information content (AvgIpc) is 2.62. The van der Waals surface area contributed by atoms with Gasteiger partial charge in [0.05, 0.1) is 6.54 Å². The van der Waals surface area contributed by atoms with Crippen LogP contribution in [-0.2, 0) is 11.2 Å². The molecule has 0 aliphatic carbocycles. The molecule has 134 valence electrons. The fourth-order valence-corrected chi connectivity index (χ4v) is 2.30. The minimum atomic E-state index is -0.668. The molecule has 0 aliphatic rings. The van der Waals surface area contributed by atoms with E-state index >= 15 is 0 Å². The predicted octanol–water partition coefficient (Wildman–Crippen LogP) is 3.74. The summed E-state index contributed by atoms with van der Waals surface area (Å²) in [7, 11) is 0. The van der Waals surface area contributed by atoms with Gasteiger partial charge >= 0.3 is 0 Å². The first kappa shape index (κ1) is 18.8. The number of halogens is 1. The van der Waals surface area contributed by atoms with Crippen molar-refractivity contribution < 1.29 is 18.7 Å². The standard InChI is InChI=1S/C20H24FNO3/c1-3-4-16-5-9-18(10-6-16)24-14-13-22-20(23)15(2)25-19-11-7-17(21)8-12-19/h5-12,15H,3-4,13-14H2,1-2H3,(H,22,23)/t15-/m0/s1. The molecule has 5 heteroatoms. The average molecular weight is 345 g/mol. The van der Waals surface area contributed by atoms with Crippen molar-refractivity contribution in [1.82, 2.24) is 5.32 Å². The van der Waals surface area contributed by atoms with E-state index in [1.165, 1.54) is 29.8 Å². The van der Waals surface area contributed by atoms with Crippen LogP contribution in [0.5, 0.6) is 11.5 Å². The predicted molar refractivity (Wildman–Crippen MR) is 95.4 cm³/mol. The van der Waals surface area contributed by atoms with Gasteiger partial charge in [-0.2, -0.15) is 0 Å². The van der Waals surface area contributed by atoms with Gasteiger partial charge in [0.15, 0.2) is 6.10 Å². The molecule has 0 saturated heterocycles. The molecular formula is C20H24FNO3. The van der Waals surface area contributed by atoms with E-state index in [1.807, 2.05) is 12.1 Å². The fourth-order valence-electron chi connectivity index (χ4n) is 2.30. The molecule has 0 saturated carbocycles. The van der Waals surface area contributed by atoms with Crippen LogP contribution in [0.4, 0.5) is 4.39 Å². The summed E-state index contributed by atoms with van der Waals surface area (Å²) in [6.07, 6.45) is 1.51. The molecule has 25 heavy (non-hydrogen) atoms. The van der Waals surface area contributed by atoms with Gasteiger partial charge in [0.1, 0.15) is 23.9 Å². The summed E-state index contributed by atoms with van der Waals surface area (Å²) in [6, 6.07) is 13.5. The summed E-state index contributed by atoms with van der Waals surface area (Å²) in [5.74, 6) is 0.646. The van der Waals surface area contributed by atoms with Gasteiger partial charge in [-0.15, -0.1) is 0 Å². The Bertz CT molecular complexity index is 656. The Labute approximate surface area is 148 Å². The molecule has 4 nitrogen and oxygen atoms in total. The molecular weight excluding hydrogens is 321 g/mol. The van der Waals surface area contributed by atoms with E-state index in [2.05, 4.69) is 24.4 Å². The van der Waals surface area contributed by atoms with Gasteiger partial charge in [0.25, 0.3) is 5.91 Å². The van der Waals surface area contributed by atoms with Crippen molar-refractivity contribution in [2.45, 2.75) is 32.8 Å². The molecule has 0 spiro atoms. The highest BCUT2D eigenvalue weighted by atomic mass is 19.1. The van der Waals surface area contributed by atoms with Crippen molar-refractivity contribution in [2.24, 2.45) is 0 Å². The second-order valence-electron chi connectivity index (χ2n) is 5.75. The third-order valence-corrected chi connectivity index (χ3v) is 3.63. The minimum Gasteiger partial charge on any atom is -0.492 e. The van der Waals surface area contributed by atoms with Gasteiger partial charge in [0.2, 0.25) is 0 Å². The highest BCUT2D eigenvalue weighted by Crippen LogP contribution is 2.14. The number of benzene rings is 2. The fraction of sp³-hybridized carbons (Fsp3) is 0.350. The Morgan fingerprint density at radius 1 is 1.08 bits per heavy atom. The van der Waals surface area contributed by atoms with E-state index in [-0.39, 0.29) is 11.7 Å². The maximum absolute atomic E-state index is 12.8. The topological polar surface area (TPSA) is 47.6 Å². The molecule has 2 aromatic rings. The van der Waals surface area contributed by atoms with Crippen molar-refractivity contribution >= 4 is 5.91 Å². The molecule has 0 aromatic heterocycles. The van der Waals surface area contributed by atoms with Crippen molar-refractivity contribution in [1.29, 1.82) is 0 Å². The molecule has 0 unspecified atom stereocenters. The van der Waals surface area contributed by atoms with Crippen LogP contribution in [0.1, 0.15) is 25.8 Å². The number of nitrogens with one attached hydrogen (secondary N) is 1. The third kappa shape index (κ3) is 6.45. The van der Waals surface area contributed by atoms with Crippen molar-refractivity contribution in [2.75, 3.05) is 13.2 Å². The SMILES string of the molecule is CCCc1ccc(OCCNC(=O)[C@H](C)Oc2ccc(F)cc2)cc1. The lowest BCUT2D eigenvalue weighted by atomic mass is 10.1. The molecule has 0 aliphatic heterocycles. The molecule has 0 bridgehead atoms. The molecule has 0 fully saturated rings. The lowest BCUT2D eigenvalue weighted by Gasteiger charge is -2.15. The first-order chi connectivity index (χ1) is 12.1. The largest absolute Gasteiger partial charge is 0.492 e. The Morgan fingerprint density at radius 3 is 2.36 bits per heavy atom. The smallest absolute Gasteiger partial charge is 0.260 e. The normalized spacial score (nSPS) is 11.6. The van der Waals surface area contributed by atoms with Crippen molar-refractivity contribution in [3.8, 4) is 11.5 Å². The number of rotatable bonds is 9. The lowest BCUT2D eigenvalue weighted by molar-refractivity contribution is -0.127. The Balaban J connectivity index is 1.68. The molecule has 1 atom stereocenters. The lowest BCUT2D eigenvalue weighted by Crippen LogP contribution is -2.38. The quantitative estimate of drug-likeness (QED) is 0.704. The second-order valence-corrected chi connectivity index (χ2v) is 5.75. The first-order valence-corrected chi connectivity index (χ1v) is 8.50. The Morgan fingerprint density at radius 2 is 1.72 bits per heavy atom. The summed E-state index contributed by atoms with van der Waals surface area (Å²) in [6.45, 7) is 4.55. The molecule has 0 radical (unpaired) electrons. The van der Waals surface area contributed by atoms with Crippen LogP contribution in [-0.4, -0.2) is 25.2 Å². The van der Waals surface area contributed by atoms with Crippen LogP contribution >= 0.6 is 0 Å². The maximum atomic E-state index is 12.8. The number of hydrogen-bond acceptors (Lipinski definition) is 3. The summed E-state index contributed by atoms with van der Waals surface area (Å²) in [5.41, 5.74) is 1.29. The molecule has 2 aromatic carbocycles. The van der Waals surface area contributed by atoms with E-state index in [4.69, 9.17) is 9.47 Å². The van der Waals surface area contributed by atoms with Gasteiger partial charge in [-0.05, 0) is 55.3 Å². The number of carbonyl (C=O) groups excluding carboxylic acids is 1. The van der Waals surface area contributed by atoms with E-state index in [0.29, 0.717) is 18.9 Å². The molecule has 1 amide bonds. The number of carbonyl (C=O) groups is 1. The second kappa shape index (κ2) is 9.67. The van der Waals surface area contributed by atoms with E-state index < -0.39 is 6.10 Å². The van der Waals surface area contributed by atoms with Gasteiger partial charge in [-0.1, -0.05) is 25.5 Å². The van der Waals surface area contributed by atoms with E-state index in [9.17, 15) is 9.18 Å². The molecule has 0 heterocycles. The Kier molecular flexibility index (Phi) is 7.26.